The highest BCUT2D eigenvalue weighted by Gasteiger charge is 2.32. The van der Waals surface area contributed by atoms with Crippen molar-refractivity contribution in [1.29, 1.82) is 0 Å². The number of imidazole rings is 1. The van der Waals surface area contributed by atoms with Crippen molar-refractivity contribution >= 4 is 0 Å². The van der Waals surface area contributed by atoms with Gasteiger partial charge in [0, 0.05) is 168 Å². The zero-order valence-electron chi connectivity index (χ0n) is 87.3. The van der Waals surface area contributed by atoms with E-state index in [9.17, 15) is 0 Å². The first-order valence-electron chi connectivity index (χ1n) is 48.4. The Morgan fingerprint density at radius 2 is 0.765 bits per heavy atom. The third kappa shape index (κ3) is 58.0. The third-order valence-electron chi connectivity index (χ3n) is 25.1. The van der Waals surface area contributed by atoms with E-state index in [1.165, 1.54) is 253 Å². The Labute approximate surface area is 743 Å². The lowest BCUT2D eigenvalue weighted by atomic mass is 9.75. The summed E-state index contributed by atoms with van der Waals surface area (Å²) >= 11 is 0. The van der Waals surface area contributed by atoms with E-state index in [-0.39, 0.29) is 16.6 Å². The van der Waals surface area contributed by atoms with Crippen LogP contribution in [0.15, 0.2) is 24.9 Å². The molecule has 0 spiro atoms. The second-order valence-electron chi connectivity index (χ2n) is 47.7. The number of likely N-dealkylation sites (tertiary alicyclic amines) is 4. The lowest BCUT2D eigenvalue weighted by Crippen LogP contribution is -2.53. The van der Waals surface area contributed by atoms with Gasteiger partial charge in [0.2, 0.25) is 0 Å². The summed E-state index contributed by atoms with van der Waals surface area (Å²) < 4.78 is 15.3. The zero-order valence-corrected chi connectivity index (χ0v) is 87.3. The Morgan fingerprint density at radius 3 is 1.08 bits per heavy atom. The first-order chi connectivity index (χ1) is 54.6. The number of hydrogen-bond donors (Lipinski definition) is 1. The maximum atomic E-state index is 5.70. The predicted octanol–water partition coefficient (Wildman–Crippen LogP) is 19.4. The summed E-state index contributed by atoms with van der Waals surface area (Å²) in [6.07, 6.45) is 24.0. The van der Waals surface area contributed by atoms with E-state index in [4.69, 9.17) is 9.47 Å². The van der Waals surface area contributed by atoms with Crippen LogP contribution in [0, 0.1) is 51.8 Å². The van der Waals surface area contributed by atoms with Crippen LogP contribution in [0.3, 0.4) is 0 Å². The molecule has 8 aliphatic rings. The summed E-state index contributed by atoms with van der Waals surface area (Å²) in [7, 11) is 12.9. The average molecular weight is 1680 g/mol. The summed E-state index contributed by atoms with van der Waals surface area (Å²) in [5.41, 5.74) is 5.76. The monoisotopic (exact) mass is 1680 g/mol. The number of ether oxygens (including phenoxy) is 2. The Morgan fingerprint density at radius 1 is 0.403 bits per heavy atom. The van der Waals surface area contributed by atoms with Crippen molar-refractivity contribution < 1.29 is 9.47 Å². The van der Waals surface area contributed by atoms with Crippen molar-refractivity contribution in [3.63, 3.8) is 0 Å². The summed E-state index contributed by atoms with van der Waals surface area (Å²) in [6, 6.07) is 0.804. The van der Waals surface area contributed by atoms with Gasteiger partial charge in [-0.1, -0.05) is 138 Å². The van der Waals surface area contributed by atoms with Crippen molar-refractivity contribution in [3.8, 4) is 0 Å². The fourth-order valence-electron chi connectivity index (χ4n) is 16.5. The van der Waals surface area contributed by atoms with E-state index in [1.807, 2.05) is 31.2 Å². The fourth-order valence-corrected chi connectivity index (χ4v) is 16.5. The van der Waals surface area contributed by atoms with E-state index in [1.54, 1.807) is 0 Å². The van der Waals surface area contributed by atoms with Gasteiger partial charge in [-0.05, 0) is 324 Å². The highest BCUT2D eigenvalue weighted by Crippen LogP contribution is 2.36. The molecule has 10 rings (SSSR count). The van der Waals surface area contributed by atoms with E-state index < -0.39 is 0 Å². The van der Waals surface area contributed by atoms with Gasteiger partial charge in [0.15, 0.2) is 0 Å². The summed E-state index contributed by atoms with van der Waals surface area (Å²) in [5, 5.41) is 7.49. The average Bonchev–Trinajstić information content (AvgIpc) is 1.71. The fraction of sp³-hybridized carbons (Fsp3) is 0.941. The number of aryl methyl sites for hydroxylation is 2. The van der Waals surface area contributed by atoms with Crippen molar-refractivity contribution in [2.24, 2.45) is 51.9 Å². The molecule has 8 saturated heterocycles. The van der Waals surface area contributed by atoms with E-state index in [0.717, 1.165) is 55.7 Å². The Hall–Kier alpha value is -2.14. The van der Waals surface area contributed by atoms with Crippen LogP contribution in [0.2, 0.25) is 0 Å². The number of likely N-dealkylation sites (N-methyl/N-ethyl adjacent to an activating group) is 3. The first kappa shape index (κ1) is 115. The number of rotatable bonds is 13. The molecule has 18 nitrogen and oxygen atoms in total. The quantitative estimate of drug-likeness (QED) is 0.192. The van der Waals surface area contributed by atoms with Crippen LogP contribution in [0.1, 0.15) is 310 Å². The minimum absolute atomic E-state index is 0.0160. The molecule has 0 aromatic carbocycles. The molecule has 8 fully saturated rings. The molecule has 2 aromatic rings. The maximum absolute atomic E-state index is 5.70. The molecule has 0 saturated carbocycles. The van der Waals surface area contributed by atoms with Crippen LogP contribution in [0.5, 0.6) is 0 Å². The normalized spacial score (nSPS) is 20.5. The van der Waals surface area contributed by atoms with Gasteiger partial charge < -0.3 is 63.5 Å². The molecule has 18 heteroatoms. The minimum atomic E-state index is 0.0160. The molecular weight excluding hydrogens is 1470 g/mol. The molecule has 0 atom stereocenters. The number of aromatic nitrogens is 4. The molecule has 8 aliphatic heterocycles. The lowest BCUT2D eigenvalue weighted by Gasteiger charge is -2.42. The summed E-state index contributed by atoms with van der Waals surface area (Å²) in [6.45, 7) is 111. The van der Waals surface area contributed by atoms with E-state index >= 15 is 0 Å². The SMILES string of the molecule is CC(C)(C)C1CCNCC1.CC(C)(C)OCCCN1CCCC1.CCN1CCC(C(C)(C)C)CC1.CCN1CCN(C(C)(C)C)CC1.CN(C)C1CCN(C(C)(C)C)CC1.CN1CCC(C(C)(C)C)CC1.CN1CCN(CC(C)(C)C)CC1.CN1CCN(CCCOC(C)(C)C)CC1.Cc1cn(CC(C)(C)C)cn1.Cn1cc(C(C)(C)C)cn1. The van der Waals surface area contributed by atoms with Crippen LogP contribution in [0.25, 0.3) is 0 Å². The number of nitrogens with zero attached hydrogens (tertiary/aromatic N) is 15. The smallest absolute Gasteiger partial charge is 0.0949 e. The summed E-state index contributed by atoms with van der Waals surface area (Å²) in [4.78, 5) is 31.6. The van der Waals surface area contributed by atoms with Gasteiger partial charge in [0.1, 0.15) is 0 Å². The second-order valence-corrected chi connectivity index (χ2v) is 47.7. The zero-order chi connectivity index (χ0) is 91.0. The molecule has 1 N–H and O–H groups in total. The van der Waals surface area contributed by atoms with Crippen LogP contribution < -0.4 is 5.32 Å². The molecule has 0 unspecified atom stereocenters. The van der Waals surface area contributed by atoms with Crippen molar-refractivity contribution in [1.82, 2.24) is 78.5 Å². The van der Waals surface area contributed by atoms with Gasteiger partial charge >= 0.3 is 0 Å². The van der Waals surface area contributed by atoms with Crippen LogP contribution in [-0.2, 0) is 28.5 Å². The highest BCUT2D eigenvalue weighted by molar-refractivity contribution is 5.14. The van der Waals surface area contributed by atoms with Crippen molar-refractivity contribution in [2.45, 2.75) is 346 Å². The van der Waals surface area contributed by atoms with Crippen molar-refractivity contribution in [3.05, 3.63) is 36.2 Å². The van der Waals surface area contributed by atoms with Gasteiger partial charge in [-0.3, -0.25) is 14.5 Å². The molecule has 10 heterocycles. The Bertz CT molecular complexity index is 2710. The number of hydrogen-bond acceptors (Lipinski definition) is 16. The van der Waals surface area contributed by atoms with Crippen LogP contribution in [-0.4, -0.2) is 327 Å². The number of piperidine rings is 4. The van der Waals surface area contributed by atoms with Gasteiger partial charge in [0.25, 0.3) is 0 Å². The highest BCUT2D eigenvalue weighted by atomic mass is 16.5. The Balaban J connectivity index is 0.000000662. The second kappa shape index (κ2) is 55.6. The minimum Gasteiger partial charge on any atom is -0.376 e. The lowest BCUT2D eigenvalue weighted by molar-refractivity contribution is -0.00814. The molecule has 119 heavy (non-hydrogen) atoms. The third-order valence-corrected chi connectivity index (χ3v) is 25.1. The van der Waals surface area contributed by atoms with Crippen LogP contribution in [0.4, 0.5) is 0 Å². The topological polar surface area (TPSA) is 102 Å². The summed E-state index contributed by atoms with van der Waals surface area (Å²) in [5.74, 6) is 2.83. The molecule has 706 valence electrons. The number of piperazine rings is 3. The maximum Gasteiger partial charge on any atom is 0.0949 e. The van der Waals surface area contributed by atoms with Gasteiger partial charge in [0.05, 0.1) is 29.4 Å². The predicted molar refractivity (Wildman–Crippen MR) is 522 cm³/mol. The molecule has 0 aliphatic carbocycles. The van der Waals surface area contributed by atoms with Gasteiger partial charge in [-0.15, -0.1) is 0 Å². The van der Waals surface area contributed by atoms with Gasteiger partial charge in [-0.2, -0.15) is 5.10 Å². The molecular formula is C101H210N16O2. The largest absolute Gasteiger partial charge is 0.376 e. The first-order valence-corrected chi connectivity index (χ1v) is 48.4. The van der Waals surface area contributed by atoms with Gasteiger partial charge in [-0.25, -0.2) is 4.98 Å². The Kier molecular flexibility index (Phi) is 53.6. The molecule has 0 amide bonds. The van der Waals surface area contributed by atoms with Crippen molar-refractivity contribution in [2.75, 3.05) is 225 Å². The molecule has 0 radical (unpaired) electrons. The standard InChI is InChI=1S/C12H26N2O.C11H24N2.C11H23NO.C11H23N.2C10H22N2.C10H21N.C9H16N2.C9H19N.C8H14N2/c1-12(2,3)15-11-5-6-14-9-7-13(4)8-10-14;1-11(2,3)13-8-6-10(7-9-13)12(4)5;1-11(2,3)13-10-6-9-12-7-4-5-8-12;1-5-12-8-6-10(7-9-12)11(2,3)4;1-10(2,3)9-12-7-5-11(4)6-8-12;1-5-11-6-8-12(9-7-11)10(2,3)4;1-10(2,3)9-5-7-11(4)8-6-9;1-8-5-11(7-10-8)6-9(2,3)4;1-9(2,3)8-4-6-10-7-5-8;1-8(2,3)7-5-9-10(4)6-7/h5-11H2,1-4H3;10H,6-9H2,1-5H3;4-10H2,1-3H3;10H,5-9H2,1-4H3;2*5-9H2,1-4H3;9H,5-8H2,1-4H3;5,7H,6H2,1-4H3;8,10H,4-7H2,1-3H3;5-6H,1-4H3. The van der Waals surface area contributed by atoms with E-state index in [2.05, 4.69) is 343 Å². The van der Waals surface area contributed by atoms with E-state index in [0.29, 0.717) is 38.2 Å². The number of nitrogens with one attached hydrogen (secondary N) is 1. The molecule has 0 bridgehead atoms. The molecule has 2 aromatic heterocycles. The van der Waals surface area contributed by atoms with Crippen LogP contribution >= 0.6 is 0 Å².